The van der Waals surface area contributed by atoms with Gasteiger partial charge in [0.05, 0.1) is 0 Å². The van der Waals surface area contributed by atoms with Crippen molar-refractivity contribution in [2.45, 2.75) is 69.7 Å². The Morgan fingerprint density at radius 1 is 1.00 bits per heavy atom. The second-order valence-corrected chi connectivity index (χ2v) is 8.40. The van der Waals surface area contributed by atoms with E-state index in [9.17, 15) is 14.0 Å². The van der Waals surface area contributed by atoms with E-state index in [1.54, 1.807) is 0 Å². The van der Waals surface area contributed by atoms with Crippen LogP contribution >= 0.6 is 0 Å². The number of primary amides is 2. The Hall–Kier alpha value is -1.59. The number of hydrogen-bond acceptors (Lipinski definition) is 2. The Balaban J connectivity index is 1.50. The molecule has 0 aliphatic heterocycles. The molecule has 3 amide bonds. The molecule has 0 spiro atoms. The molecule has 4 fully saturated rings. The van der Waals surface area contributed by atoms with E-state index in [2.05, 4.69) is 0 Å². The van der Waals surface area contributed by atoms with Crippen molar-refractivity contribution < 1.29 is 14.0 Å². The third kappa shape index (κ3) is 3.98. The van der Waals surface area contributed by atoms with E-state index in [4.69, 9.17) is 11.5 Å². The van der Waals surface area contributed by atoms with Crippen LogP contribution in [0.2, 0.25) is 0 Å². The summed E-state index contributed by atoms with van der Waals surface area (Å²) in [6, 6.07) is -0.290. The Morgan fingerprint density at radius 3 is 2.04 bits per heavy atom. The fourth-order valence-corrected chi connectivity index (χ4v) is 5.90. The number of urea groups is 1. The Labute approximate surface area is 149 Å². The minimum Gasteiger partial charge on any atom is -0.364 e. The zero-order valence-corrected chi connectivity index (χ0v) is 14.9. The number of carbonyl (C=O) groups excluding carboxylic acids is 2. The molecule has 0 unspecified atom stereocenters. The van der Waals surface area contributed by atoms with Gasteiger partial charge in [-0.25, -0.2) is 9.18 Å². The van der Waals surface area contributed by atoms with E-state index in [-0.39, 0.29) is 11.6 Å². The lowest BCUT2D eigenvalue weighted by molar-refractivity contribution is -0.115. The molecule has 4 N–H and O–H groups in total. The van der Waals surface area contributed by atoms with Crippen molar-refractivity contribution in [3.63, 3.8) is 0 Å². The van der Waals surface area contributed by atoms with Crippen LogP contribution in [0, 0.1) is 17.8 Å². The predicted octanol–water partition coefficient (Wildman–Crippen LogP) is 3.24. The van der Waals surface area contributed by atoms with E-state index >= 15 is 0 Å². The Morgan fingerprint density at radius 2 is 1.56 bits per heavy atom. The van der Waals surface area contributed by atoms with Gasteiger partial charge in [0.25, 0.3) is 5.91 Å². The van der Waals surface area contributed by atoms with Gasteiger partial charge >= 0.3 is 6.03 Å². The predicted molar refractivity (Wildman–Crippen MR) is 94.0 cm³/mol. The maximum Gasteiger partial charge on any atom is 0.315 e. The lowest BCUT2D eigenvalue weighted by atomic mass is 9.52. The summed E-state index contributed by atoms with van der Waals surface area (Å²) >= 11 is 0. The van der Waals surface area contributed by atoms with E-state index in [1.807, 2.05) is 4.90 Å². The largest absolute Gasteiger partial charge is 0.364 e. The molecule has 0 atom stereocenters. The van der Waals surface area contributed by atoms with Crippen LogP contribution in [0.5, 0.6) is 0 Å². The second kappa shape index (κ2) is 7.34. The molecule has 0 heterocycles. The molecule has 4 aliphatic rings. The first-order chi connectivity index (χ1) is 11.9. The first-order valence-corrected chi connectivity index (χ1v) is 9.62. The molecular weight excluding hydrogens is 321 g/mol. The van der Waals surface area contributed by atoms with Gasteiger partial charge in [0.1, 0.15) is 0 Å². The van der Waals surface area contributed by atoms with Gasteiger partial charge in [0.15, 0.2) is 5.83 Å². The molecule has 5 nitrogen and oxygen atoms in total. The van der Waals surface area contributed by atoms with Crippen molar-refractivity contribution in [1.82, 2.24) is 4.90 Å². The van der Waals surface area contributed by atoms with E-state index < -0.39 is 11.7 Å². The molecule has 0 aromatic heterocycles. The van der Waals surface area contributed by atoms with E-state index in [0.29, 0.717) is 13.0 Å². The van der Waals surface area contributed by atoms with Crippen LogP contribution in [0.3, 0.4) is 0 Å². The number of nitrogens with zero attached hydrogens (tertiary/aromatic N) is 1. The van der Waals surface area contributed by atoms with Gasteiger partial charge in [-0.05, 0) is 81.6 Å². The van der Waals surface area contributed by atoms with Crippen LogP contribution in [-0.4, -0.2) is 28.9 Å². The zero-order chi connectivity index (χ0) is 18.0. The topological polar surface area (TPSA) is 89.4 Å². The highest BCUT2D eigenvalue weighted by Gasteiger charge is 2.54. The molecule has 4 aliphatic carbocycles. The maximum absolute atomic E-state index is 13.0. The van der Waals surface area contributed by atoms with Gasteiger partial charge < -0.3 is 16.4 Å². The molecule has 0 aromatic carbocycles. The van der Waals surface area contributed by atoms with Gasteiger partial charge in [0.2, 0.25) is 0 Å². The van der Waals surface area contributed by atoms with Crippen LogP contribution in [-0.2, 0) is 4.79 Å². The maximum atomic E-state index is 13.0. The van der Waals surface area contributed by atoms with Crippen molar-refractivity contribution in [3.05, 3.63) is 11.9 Å². The Bertz CT molecular complexity index is 526. The van der Waals surface area contributed by atoms with Crippen LogP contribution in [0.4, 0.5) is 9.18 Å². The third-order valence-corrected chi connectivity index (χ3v) is 6.49. The highest BCUT2D eigenvalue weighted by Crippen LogP contribution is 2.57. The quantitative estimate of drug-likeness (QED) is 0.519. The highest BCUT2D eigenvalue weighted by molar-refractivity contribution is 5.89. The van der Waals surface area contributed by atoms with Gasteiger partial charge in [-0.15, -0.1) is 0 Å². The summed E-state index contributed by atoms with van der Waals surface area (Å²) in [4.78, 5) is 24.7. The third-order valence-electron chi connectivity index (χ3n) is 6.49. The molecule has 4 saturated carbocycles. The smallest absolute Gasteiger partial charge is 0.315 e. The number of rotatable bonds is 8. The summed E-state index contributed by atoms with van der Waals surface area (Å²) in [6.07, 6.45) is 11.6. The number of amides is 3. The molecule has 0 saturated heterocycles. The lowest BCUT2D eigenvalue weighted by Gasteiger charge is -2.60. The molecule has 140 valence electrons. The number of hydrogen-bond donors (Lipinski definition) is 2. The molecule has 4 rings (SSSR count). The minimum absolute atomic E-state index is 0.00143. The average Bonchev–Trinajstić information content (AvgIpc) is 2.51. The summed E-state index contributed by atoms with van der Waals surface area (Å²) in [5.41, 5.74) is 10.6. The monoisotopic (exact) mass is 351 g/mol. The van der Waals surface area contributed by atoms with Crippen molar-refractivity contribution in [2.24, 2.45) is 29.2 Å². The molecule has 25 heavy (non-hydrogen) atoms. The molecule has 4 bridgehead atoms. The van der Waals surface area contributed by atoms with E-state index in [1.165, 1.54) is 25.3 Å². The van der Waals surface area contributed by atoms with Crippen molar-refractivity contribution in [2.75, 3.05) is 6.54 Å². The Kier molecular flexibility index (Phi) is 5.35. The minimum atomic E-state index is -1.01. The van der Waals surface area contributed by atoms with Gasteiger partial charge in [-0.2, -0.15) is 0 Å². The number of allylic oxidation sites excluding steroid dienone is 1. The standard InChI is InChI=1S/C19H30FN3O2/c20-16(17(21)24)5-3-1-2-4-6-23(18(22)25)19-10-13-7-14(11-19)9-15(8-13)12-19/h5,13-15H,1-4,6-12H2,(H2,21,24)(H2,22,25)/b16-5-. The number of halogens is 1. The van der Waals surface area contributed by atoms with Gasteiger partial charge in [-0.3, -0.25) is 4.79 Å². The number of nitrogens with two attached hydrogens (primary N) is 2. The highest BCUT2D eigenvalue weighted by atomic mass is 19.1. The fraction of sp³-hybridized carbons (Fsp3) is 0.789. The number of carbonyl (C=O) groups is 2. The number of unbranched alkanes of at least 4 members (excludes halogenated alkanes) is 3. The summed E-state index contributed by atoms with van der Waals surface area (Å²) in [5.74, 6) is 0.439. The van der Waals surface area contributed by atoms with Crippen LogP contribution in [0.1, 0.15) is 64.2 Å². The molecular formula is C19H30FN3O2. The second-order valence-electron chi connectivity index (χ2n) is 8.40. The molecule has 0 radical (unpaired) electrons. The zero-order valence-electron chi connectivity index (χ0n) is 14.9. The fourth-order valence-electron chi connectivity index (χ4n) is 5.90. The first-order valence-electron chi connectivity index (χ1n) is 9.62. The summed E-state index contributed by atoms with van der Waals surface area (Å²) in [7, 11) is 0. The summed E-state index contributed by atoms with van der Waals surface area (Å²) in [6.45, 7) is 0.684. The van der Waals surface area contributed by atoms with Gasteiger partial charge in [0, 0.05) is 12.1 Å². The SMILES string of the molecule is NC(=O)/C(F)=C/CCCCCN(C(N)=O)C12CC3CC(CC(C3)C1)C2. The average molecular weight is 351 g/mol. The first kappa shape index (κ1) is 18.2. The summed E-state index contributed by atoms with van der Waals surface area (Å²) < 4.78 is 13.0. The molecule has 0 aromatic rings. The van der Waals surface area contributed by atoms with Crippen LogP contribution in [0.15, 0.2) is 11.9 Å². The van der Waals surface area contributed by atoms with Crippen molar-refractivity contribution >= 4 is 11.9 Å². The molecule has 6 heteroatoms. The van der Waals surface area contributed by atoms with Crippen molar-refractivity contribution in [3.8, 4) is 0 Å². The lowest BCUT2D eigenvalue weighted by Crippen LogP contribution is -2.62. The summed E-state index contributed by atoms with van der Waals surface area (Å²) in [5, 5.41) is 0. The van der Waals surface area contributed by atoms with E-state index in [0.717, 1.165) is 56.3 Å². The van der Waals surface area contributed by atoms with Crippen LogP contribution < -0.4 is 11.5 Å². The van der Waals surface area contributed by atoms with Crippen molar-refractivity contribution in [1.29, 1.82) is 0 Å². The van der Waals surface area contributed by atoms with Gasteiger partial charge in [-0.1, -0.05) is 6.42 Å². The van der Waals surface area contributed by atoms with Crippen LogP contribution in [0.25, 0.3) is 0 Å². The normalized spacial score (nSPS) is 33.5.